The molecule has 6 N–H and O–H groups in total. The van der Waals surface area contributed by atoms with E-state index in [0.717, 1.165) is 103 Å². The third-order valence-electron chi connectivity index (χ3n) is 15.6. The van der Waals surface area contributed by atoms with Crippen molar-refractivity contribution in [1.82, 2.24) is 94.0 Å². The lowest BCUT2D eigenvalue weighted by molar-refractivity contribution is -0.237. The molecular formula is C73H64BBrCl5F28N23O12. The number of esters is 2. The van der Waals surface area contributed by atoms with Crippen molar-refractivity contribution in [3.8, 4) is 74.4 Å². The maximum absolute atomic E-state index is 13.9. The van der Waals surface area contributed by atoms with E-state index in [0.29, 0.717) is 15.6 Å². The van der Waals surface area contributed by atoms with Gasteiger partial charge in [-0.3, -0.25) is 28.7 Å². The fourth-order valence-electron chi connectivity index (χ4n) is 8.99. The smallest absolute Gasteiger partial charge is 0.466 e. The van der Waals surface area contributed by atoms with Gasteiger partial charge in [-0.15, -0.1) is 20.4 Å². The van der Waals surface area contributed by atoms with Crippen molar-refractivity contribution in [3.63, 3.8) is 0 Å². The van der Waals surface area contributed by atoms with Gasteiger partial charge < -0.3 is 53.0 Å². The number of methoxy groups -OCH3 is 1. The van der Waals surface area contributed by atoms with Gasteiger partial charge in [-0.2, -0.15) is 101 Å². The minimum absolute atomic E-state index is 0. The first-order valence-electron chi connectivity index (χ1n) is 36.2. The van der Waals surface area contributed by atoms with Crippen LogP contribution in [0.1, 0.15) is 55.6 Å². The van der Waals surface area contributed by atoms with E-state index in [-0.39, 0.29) is 83.2 Å². The highest BCUT2D eigenvalue weighted by molar-refractivity contribution is 9.10. The van der Waals surface area contributed by atoms with Gasteiger partial charge in [0.15, 0.2) is 79.2 Å². The molecule has 13 heterocycles. The number of aliphatic hydroxyl groups is 1. The van der Waals surface area contributed by atoms with E-state index in [1.807, 2.05) is 27.7 Å². The number of aromatic nitrogens is 19. The molecule has 70 heteroatoms. The van der Waals surface area contributed by atoms with Crippen LogP contribution in [0.25, 0.3) is 56.3 Å². The molecule has 1 saturated heterocycles. The van der Waals surface area contributed by atoms with Gasteiger partial charge in [0.2, 0.25) is 11.6 Å². The highest BCUT2D eigenvalue weighted by Gasteiger charge is 2.53. The van der Waals surface area contributed by atoms with Crippen molar-refractivity contribution in [2.24, 2.45) is 5.84 Å². The highest BCUT2D eigenvalue weighted by Crippen LogP contribution is 2.39. The average molecular weight is 2260 g/mol. The quantitative estimate of drug-likeness (QED) is 0.00652. The average Bonchev–Trinajstić information content (AvgIpc) is 1.64. The third-order valence-corrected chi connectivity index (χ3v) is 16.9. The number of halogens is 34. The maximum atomic E-state index is 13.9. The number of pyridine rings is 5. The largest absolute Gasteiger partial charge is 0.496 e. The Morgan fingerprint density at radius 3 is 1.01 bits per heavy atom. The molecule has 35 nitrogen and oxygen atoms in total. The summed E-state index contributed by atoms with van der Waals surface area (Å²) >= 11 is 27.1. The van der Waals surface area contributed by atoms with E-state index in [9.17, 15) is 133 Å². The van der Waals surface area contributed by atoms with E-state index in [4.69, 9.17) is 66.1 Å². The number of rotatable bonds is 21. The SMILES string of the molecule is C.C.CC1(C)OB(c2cnc(OCC(F)(F)F)c(F)c2)OC1(C)C.CO.COC(F)(F)c1nnc2cnc(-c3cnc(OCC(F)(F)F)c(F)c3)cn12.Clc1cnc(Br)cn1.Fc1cc(-c2cn3c(C(F)(F)Cl)nnc3cn2)cnc1OCC(F)(F)F.Fc1cc(-c2cnc(Cl)cn2)cnc1OCC(F)(F)F.N=N.NNc1cnc(-c2cnc(OCC(F)(F)F)c(F)c2)cn1.O=C(OC(=O)C(F)(F)Cl)C(F)(F)Cl.[HH]. The molecule has 0 radical (unpaired) electrons. The second-order valence-electron chi connectivity index (χ2n) is 26.5. The number of nitrogens with one attached hydrogen (secondary N) is 3. The predicted molar refractivity (Wildman–Crippen MR) is 446 cm³/mol. The molecule has 0 saturated carbocycles. The van der Waals surface area contributed by atoms with Gasteiger partial charge in [-0.25, -0.2) is 93.3 Å². The molecular weight excluding hydrogens is 2190 g/mol. The summed E-state index contributed by atoms with van der Waals surface area (Å²) in [5.41, 5.74) is 12.3. The zero-order valence-corrected chi connectivity index (χ0v) is 75.4. The summed E-state index contributed by atoms with van der Waals surface area (Å²) in [7, 11) is 0.936. The standard InChI is InChI=1S/C14H9F6N5O2.C13H16BF4NO3.C13H6ClF6N5O.C11H6ClF4N3O.C11H9F4N5O.C4H2BrClN2.C4Cl2F4O3.CH4O.2CH4.H2N2.H2/c1-26-14(19,20)12-24-23-10-4-21-9(5-25(10)12)7-2-8(15)11(22-3-7)27-6-13(16,17)18;1-11(2)12(3,4)22-14(21-11)8-5-9(15)10(19-6-8)20-7-13(16,17)18;14-13(19,20)11-24-23-9-3-21-8(4-25(9)11)6-1-7(15)10(22-2-6)26-5-12(16,17)18;12-9-4-17-8(3-18-9)6-1-7(13)10(19-2-6)20-5-11(14,15)16;12-7-1-6(8-3-18-9(20-16)4-17-8)2-19-10(7)21-5-11(13,14)15;5-3-1-8-4(6)2-7-3;5-3(7,8)1(11)13-2(12)4(6,9)10;1-2;;;1-2;/h2-5H,6H2,1H3;5-6H,7H2,1-4H3;1-4H,5H2;1-4H,5H2;1-4H,5,16H2,(H,18,20);1-2H;;2H,1H3;2*1H4;1-2H;1H. The Balaban J connectivity index is 0.000000573. The summed E-state index contributed by atoms with van der Waals surface area (Å²) in [6.45, 7) is -0.937. The number of alkyl halides is 26. The van der Waals surface area contributed by atoms with Crippen LogP contribution in [-0.2, 0) is 39.9 Å². The van der Waals surface area contributed by atoms with Crippen LogP contribution in [0.3, 0.4) is 0 Å². The zero-order valence-electron chi connectivity index (χ0n) is 70.0. The zero-order chi connectivity index (χ0) is 107. The van der Waals surface area contributed by atoms with Crippen molar-refractivity contribution in [1.29, 1.82) is 11.1 Å². The summed E-state index contributed by atoms with van der Waals surface area (Å²) in [4.78, 5) is 68.2. The number of carbonyl (C=O) groups is 2. The number of hydrazine groups is 1. The van der Waals surface area contributed by atoms with Crippen LogP contribution < -0.4 is 40.4 Å². The van der Waals surface area contributed by atoms with Gasteiger partial charge in [-0.05, 0) is 109 Å². The van der Waals surface area contributed by atoms with E-state index < -0.39 is 187 Å². The molecule has 0 amide bonds. The Hall–Kier alpha value is -12.5. The summed E-state index contributed by atoms with van der Waals surface area (Å²) in [6.07, 6.45) is -8.82. The minimum atomic E-state index is -4.66. The van der Waals surface area contributed by atoms with Crippen molar-refractivity contribution >= 4 is 116 Å². The van der Waals surface area contributed by atoms with E-state index in [1.54, 1.807) is 6.20 Å². The summed E-state index contributed by atoms with van der Waals surface area (Å²) in [6, 6.07) is 4.52. The normalized spacial score (nSPS) is 12.8. The molecule has 0 unspecified atom stereocenters. The highest BCUT2D eigenvalue weighted by atomic mass is 79.9. The topological polar surface area (TPSA) is 451 Å². The summed E-state index contributed by atoms with van der Waals surface area (Å²) in [5.74, 6) is -10.8. The van der Waals surface area contributed by atoms with Crippen LogP contribution >= 0.6 is 73.9 Å². The van der Waals surface area contributed by atoms with E-state index in [1.165, 1.54) is 37.2 Å². The summed E-state index contributed by atoms with van der Waals surface area (Å²) < 4.78 is 392. The molecule has 0 aliphatic carbocycles. The monoisotopic (exact) mass is 2250 g/mol. The number of hydrogen-bond acceptors (Lipinski definition) is 33. The number of nitrogen functional groups attached to an aromatic ring is 1. The Bertz CT molecular complexity index is 6070. The lowest BCUT2D eigenvalue weighted by atomic mass is 9.80. The molecule has 0 spiro atoms. The first-order valence-corrected chi connectivity index (χ1v) is 38.9. The van der Waals surface area contributed by atoms with Gasteiger partial charge >= 0.3 is 72.2 Å². The Labute approximate surface area is 817 Å². The van der Waals surface area contributed by atoms with Gasteiger partial charge in [0.05, 0.1) is 83.6 Å². The van der Waals surface area contributed by atoms with Crippen LogP contribution in [0.15, 0.2) is 128 Å². The minimum Gasteiger partial charge on any atom is -0.466 e. The molecule has 1 aliphatic heterocycles. The van der Waals surface area contributed by atoms with E-state index in [2.05, 4.69) is 163 Å². The number of fused-ring (bicyclic) bond motifs is 2. The van der Waals surface area contributed by atoms with Gasteiger partial charge in [-0.1, -0.05) is 38.1 Å². The Kier molecular flexibility index (Phi) is 45.9. The summed E-state index contributed by atoms with van der Waals surface area (Å²) in [5, 5.41) is 8.25. The molecule has 12 aromatic heterocycles. The van der Waals surface area contributed by atoms with Crippen molar-refractivity contribution in [2.45, 2.75) is 107 Å². The second-order valence-corrected chi connectivity index (χ2v) is 29.5. The molecule has 0 bridgehead atoms. The number of anilines is 1. The van der Waals surface area contributed by atoms with Crippen LogP contribution in [0.5, 0.6) is 29.4 Å². The maximum Gasteiger partial charge on any atom is 0.496 e. The molecule has 12 aromatic rings. The first-order chi connectivity index (χ1) is 65.1. The second kappa shape index (κ2) is 52.6. The van der Waals surface area contributed by atoms with Crippen LogP contribution in [0.2, 0.25) is 10.3 Å². The van der Waals surface area contributed by atoms with Crippen molar-refractivity contribution in [3.05, 3.63) is 179 Å². The molecule has 13 rings (SSSR count). The van der Waals surface area contributed by atoms with Gasteiger partial charge in [0.25, 0.3) is 29.4 Å². The molecule has 1 aliphatic rings. The fourth-order valence-corrected chi connectivity index (χ4v) is 9.59. The molecule has 784 valence electrons. The van der Waals surface area contributed by atoms with Crippen molar-refractivity contribution < 1.29 is 182 Å². The van der Waals surface area contributed by atoms with Crippen LogP contribution in [-0.4, -0.2) is 218 Å². The number of hydrogen-bond donors (Lipinski definition) is 5. The lowest BCUT2D eigenvalue weighted by Crippen LogP contribution is -2.41. The number of ether oxygens (including phenoxy) is 7. The van der Waals surface area contributed by atoms with Gasteiger partial charge in [0, 0.05) is 86.7 Å². The van der Waals surface area contributed by atoms with Gasteiger partial charge in [0.1, 0.15) is 14.9 Å². The van der Waals surface area contributed by atoms with Crippen LogP contribution in [0, 0.1) is 40.1 Å². The predicted octanol–water partition coefficient (Wildman–Crippen LogP) is 19.5. The van der Waals surface area contributed by atoms with Crippen molar-refractivity contribution in [2.75, 3.05) is 52.7 Å². The molecule has 143 heavy (non-hydrogen) atoms. The molecule has 0 atom stereocenters. The number of nitrogens with zero attached hydrogens (tertiary/aromatic N) is 19. The van der Waals surface area contributed by atoms with E-state index >= 15 is 0 Å². The third kappa shape index (κ3) is 40.3. The van der Waals surface area contributed by atoms with Crippen LogP contribution in [0.4, 0.5) is 129 Å². The Morgan fingerprint density at radius 2 is 0.734 bits per heavy atom. The fraction of sp³-hybridized carbons (Fsp3) is 0.329. The molecule has 1 fully saturated rings. The first kappa shape index (κ1) is 125. The molecule has 0 aromatic carbocycles. The lowest BCUT2D eigenvalue weighted by Gasteiger charge is -2.32. The number of carbonyl (C=O) groups excluding carboxylic acids is 2. The number of aliphatic hydroxyl groups excluding tert-OH is 1. The number of nitrogens with two attached hydrogens (primary N) is 1. The Morgan fingerprint density at radius 1 is 0.434 bits per heavy atom.